The number of anilines is 1. The van der Waals surface area contributed by atoms with Crippen LogP contribution in [0.4, 0.5) is 5.82 Å². The number of ether oxygens (including phenoxy) is 1. The van der Waals surface area contributed by atoms with Crippen LogP contribution in [-0.2, 0) is 0 Å². The number of nitriles is 1. The number of hydrogen-bond donors (Lipinski definition) is 2. The third kappa shape index (κ3) is 4.38. The van der Waals surface area contributed by atoms with Crippen molar-refractivity contribution in [1.29, 1.82) is 5.26 Å². The molecule has 1 fully saturated rings. The lowest BCUT2D eigenvalue weighted by atomic mass is 9.92. The van der Waals surface area contributed by atoms with Gasteiger partial charge in [0.2, 0.25) is 0 Å². The number of piperidine rings is 1. The normalized spacial score (nSPS) is 15.9. The minimum absolute atomic E-state index is 0.112. The van der Waals surface area contributed by atoms with Crippen molar-refractivity contribution in [3.05, 3.63) is 42.4 Å². The van der Waals surface area contributed by atoms with E-state index in [-0.39, 0.29) is 6.61 Å². The Morgan fingerprint density at radius 1 is 1.28 bits per heavy atom. The summed E-state index contributed by atoms with van der Waals surface area (Å²) in [4.78, 5) is 6.70. The van der Waals surface area contributed by atoms with Gasteiger partial charge in [0.1, 0.15) is 29.8 Å². The van der Waals surface area contributed by atoms with Crippen molar-refractivity contribution in [2.24, 2.45) is 0 Å². The average Bonchev–Trinajstić information content (AvgIpc) is 3.20. The molecule has 1 aliphatic rings. The molecule has 0 amide bonds. The Balaban J connectivity index is 1.66. The van der Waals surface area contributed by atoms with Gasteiger partial charge >= 0.3 is 0 Å². The van der Waals surface area contributed by atoms with Crippen LogP contribution in [0.1, 0.15) is 32.3 Å². The lowest BCUT2D eigenvalue weighted by Gasteiger charge is -2.35. The first-order chi connectivity index (χ1) is 15.2. The molecule has 0 bridgehead atoms. The zero-order chi connectivity index (χ0) is 22.9. The van der Waals surface area contributed by atoms with Crippen molar-refractivity contribution in [2.75, 3.05) is 24.6 Å². The van der Waals surface area contributed by atoms with E-state index in [0.717, 1.165) is 16.9 Å². The topological polar surface area (TPSA) is 107 Å². The summed E-state index contributed by atoms with van der Waals surface area (Å²) >= 11 is 0. The number of hydrogen-bond acceptors (Lipinski definition) is 7. The molecule has 3 aromatic rings. The van der Waals surface area contributed by atoms with E-state index in [1.165, 1.54) is 6.20 Å². The summed E-state index contributed by atoms with van der Waals surface area (Å²) < 4.78 is 7.37. The number of terminal acetylenes is 1. The number of fused-ring (bicyclic) bond motifs is 1. The van der Waals surface area contributed by atoms with Gasteiger partial charge < -0.3 is 19.8 Å². The van der Waals surface area contributed by atoms with Crippen molar-refractivity contribution >= 4 is 11.3 Å². The third-order valence-electron chi connectivity index (χ3n) is 5.54. The van der Waals surface area contributed by atoms with E-state index in [0.29, 0.717) is 42.8 Å². The molecule has 3 aromatic heterocycles. The number of aromatic nitrogens is 3. The zero-order valence-electron chi connectivity index (χ0n) is 18.1. The van der Waals surface area contributed by atoms with Crippen molar-refractivity contribution in [3.63, 3.8) is 0 Å². The van der Waals surface area contributed by atoms with Gasteiger partial charge in [-0.1, -0.05) is 5.92 Å². The Bertz CT molecular complexity index is 1200. The maximum Gasteiger partial charge on any atom is 0.138 e. The fourth-order valence-corrected chi connectivity index (χ4v) is 3.72. The molecule has 0 spiro atoms. The van der Waals surface area contributed by atoms with E-state index in [1.54, 1.807) is 30.8 Å². The highest BCUT2D eigenvalue weighted by molar-refractivity contribution is 5.85. The van der Waals surface area contributed by atoms with Crippen LogP contribution in [0, 0.1) is 23.7 Å². The summed E-state index contributed by atoms with van der Waals surface area (Å²) in [6.45, 7) is 4.70. The van der Waals surface area contributed by atoms with E-state index < -0.39 is 11.2 Å². The molecule has 1 aliphatic heterocycles. The second-order valence-corrected chi connectivity index (χ2v) is 8.72. The highest BCUT2D eigenvalue weighted by Gasteiger charge is 2.30. The number of aliphatic hydroxyl groups is 2. The highest BCUT2D eigenvalue weighted by Crippen LogP contribution is 2.32. The molecule has 0 radical (unpaired) electrons. The molecule has 32 heavy (non-hydrogen) atoms. The SMILES string of the molecule is C#CC1(O)CCN(c2ccc(-c3cc(OCC(C)(C)O)cn4ncc(C#N)c34)cn2)CC1. The van der Waals surface area contributed by atoms with Crippen LogP contribution in [0.15, 0.2) is 36.8 Å². The van der Waals surface area contributed by atoms with Crippen LogP contribution in [0.3, 0.4) is 0 Å². The summed E-state index contributed by atoms with van der Waals surface area (Å²) in [5.74, 6) is 3.80. The second-order valence-electron chi connectivity index (χ2n) is 8.72. The minimum atomic E-state index is -1.04. The molecule has 8 nitrogen and oxygen atoms in total. The monoisotopic (exact) mass is 431 g/mol. The Hall–Kier alpha value is -3.59. The summed E-state index contributed by atoms with van der Waals surface area (Å²) in [7, 11) is 0. The molecule has 164 valence electrons. The van der Waals surface area contributed by atoms with Gasteiger partial charge in [0, 0.05) is 43.3 Å². The minimum Gasteiger partial charge on any atom is -0.489 e. The predicted molar refractivity (Wildman–Crippen MR) is 120 cm³/mol. The lowest BCUT2D eigenvalue weighted by Crippen LogP contribution is -2.43. The molecule has 0 saturated carbocycles. The van der Waals surface area contributed by atoms with Gasteiger partial charge in [-0.25, -0.2) is 9.50 Å². The van der Waals surface area contributed by atoms with Crippen LogP contribution in [-0.4, -0.2) is 55.7 Å². The molecular formula is C24H25N5O3. The quantitative estimate of drug-likeness (QED) is 0.597. The molecule has 0 atom stereocenters. The van der Waals surface area contributed by atoms with Crippen LogP contribution >= 0.6 is 0 Å². The van der Waals surface area contributed by atoms with Gasteiger partial charge in [0.25, 0.3) is 0 Å². The number of pyridine rings is 2. The second kappa shape index (κ2) is 8.16. The Labute approximate surface area is 186 Å². The summed E-state index contributed by atoms with van der Waals surface area (Å²) in [6, 6.07) is 7.86. The first-order valence-corrected chi connectivity index (χ1v) is 10.4. The first-order valence-electron chi connectivity index (χ1n) is 10.4. The standard InChI is InChI=1S/C24H25N5O3/c1-4-24(31)7-9-28(10-8-24)21-6-5-17(13-26-21)20-11-19(32-16-23(2,3)30)15-29-22(20)18(12-25)14-27-29/h1,5-6,11,13-15,30-31H,7-10,16H2,2-3H3. The van der Waals surface area contributed by atoms with E-state index in [4.69, 9.17) is 11.2 Å². The van der Waals surface area contributed by atoms with Gasteiger partial charge in [-0.15, -0.1) is 6.42 Å². The van der Waals surface area contributed by atoms with Crippen LogP contribution in [0.5, 0.6) is 5.75 Å². The molecule has 1 saturated heterocycles. The highest BCUT2D eigenvalue weighted by atomic mass is 16.5. The van der Waals surface area contributed by atoms with Crippen molar-refractivity contribution in [2.45, 2.75) is 37.9 Å². The van der Waals surface area contributed by atoms with E-state index >= 15 is 0 Å². The third-order valence-corrected chi connectivity index (χ3v) is 5.54. The van der Waals surface area contributed by atoms with E-state index in [2.05, 4.69) is 27.0 Å². The van der Waals surface area contributed by atoms with Crippen LogP contribution in [0.2, 0.25) is 0 Å². The van der Waals surface area contributed by atoms with Gasteiger partial charge in [-0.3, -0.25) is 0 Å². The summed E-state index contributed by atoms with van der Waals surface area (Å²) in [5.41, 5.74) is 0.646. The van der Waals surface area contributed by atoms with Crippen LogP contribution in [0.25, 0.3) is 16.6 Å². The molecular weight excluding hydrogens is 406 g/mol. The largest absolute Gasteiger partial charge is 0.489 e. The Morgan fingerprint density at radius 2 is 2.03 bits per heavy atom. The van der Waals surface area contributed by atoms with Gasteiger partial charge in [-0.2, -0.15) is 10.4 Å². The van der Waals surface area contributed by atoms with Gasteiger partial charge in [0.15, 0.2) is 0 Å². The molecule has 4 rings (SSSR count). The maximum atomic E-state index is 10.2. The number of nitrogens with zero attached hydrogens (tertiary/aromatic N) is 5. The fraction of sp³-hybridized carbons (Fsp3) is 0.375. The van der Waals surface area contributed by atoms with E-state index in [9.17, 15) is 15.5 Å². The predicted octanol–water partition coefficient (Wildman–Crippen LogP) is 2.38. The first kappa shape index (κ1) is 21.6. The molecule has 0 aromatic carbocycles. The van der Waals surface area contributed by atoms with Crippen molar-refractivity contribution in [3.8, 4) is 35.3 Å². The fourth-order valence-electron chi connectivity index (χ4n) is 3.72. The van der Waals surface area contributed by atoms with Crippen LogP contribution < -0.4 is 9.64 Å². The summed E-state index contributed by atoms with van der Waals surface area (Å²) in [6.07, 6.45) is 11.4. The van der Waals surface area contributed by atoms with Crippen molar-refractivity contribution < 1.29 is 14.9 Å². The zero-order valence-corrected chi connectivity index (χ0v) is 18.1. The molecule has 4 heterocycles. The Morgan fingerprint density at radius 3 is 2.62 bits per heavy atom. The average molecular weight is 431 g/mol. The molecule has 0 unspecified atom stereocenters. The summed E-state index contributed by atoms with van der Waals surface area (Å²) in [5, 5.41) is 34.0. The lowest BCUT2D eigenvalue weighted by molar-refractivity contribution is 0.0283. The van der Waals surface area contributed by atoms with Gasteiger partial charge in [0.05, 0.1) is 29.1 Å². The Kier molecular flexibility index (Phi) is 5.52. The van der Waals surface area contributed by atoms with E-state index in [1.807, 2.05) is 18.2 Å². The molecule has 0 aliphatic carbocycles. The number of rotatable bonds is 5. The van der Waals surface area contributed by atoms with Crippen molar-refractivity contribution in [1.82, 2.24) is 14.6 Å². The smallest absolute Gasteiger partial charge is 0.138 e. The van der Waals surface area contributed by atoms with Gasteiger partial charge in [-0.05, 0) is 32.0 Å². The molecule has 8 heteroatoms. The maximum absolute atomic E-state index is 10.2. The molecule has 2 N–H and O–H groups in total.